The Morgan fingerprint density at radius 2 is 1.92 bits per heavy atom. The van der Waals surface area contributed by atoms with Crippen molar-refractivity contribution in [2.24, 2.45) is 0 Å². The van der Waals surface area contributed by atoms with Crippen LogP contribution in [0, 0.1) is 0 Å². The molecule has 130 valence electrons. The molecule has 25 heavy (non-hydrogen) atoms. The lowest BCUT2D eigenvalue weighted by Gasteiger charge is -2.38. The highest BCUT2D eigenvalue weighted by Gasteiger charge is 2.44. The maximum absolute atomic E-state index is 12.5. The molecular formula is C19H21N3O3. The fourth-order valence-corrected chi connectivity index (χ4v) is 3.63. The van der Waals surface area contributed by atoms with Crippen molar-refractivity contribution in [1.29, 1.82) is 0 Å². The summed E-state index contributed by atoms with van der Waals surface area (Å²) >= 11 is 0. The minimum Gasteiger partial charge on any atom is -0.486 e. The van der Waals surface area contributed by atoms with Gasteiger partial charge in [-0.1, -0.05) is 0 Å². The molecule has 0 saturated carbocycles. The van der Waals surface area contributed by atoms with E-state index in [9.17, 15) is 4.79 Å². The van der Waals surface area contributed by atoms with Gasteiger partial charge in [-0.2, -0.15) is 0 Å². The molecule has 2 fully saturated rings. The zero-order valence-corrected chi connectivity index (χ0v) is 14.0. The van der Waals surface area contributed by atoms with E-state index in [-0.39, 0.29) is 17.6 Å². The summed E-state index contributed by atoms with van der Waals surface area (Å²) in [5, 5.41) is 0. The minimum absolute atomic E-state index is 0.0455. The molecule has 0 bridgehead atoms. The van der Waals surface area contributed by atoms with E-state index < -0.39 is 0 Å². The normalized spacial score (nSPS) is 22.1. The van der Waals surface area contributed by atoms with Crippen LogP contribution in [0.5, 0.6) is 5.75 Å². The average Bonchev–Trinajstić information content (AvgIpc) is 3.05. The zero-order valence-electron chi connectivity index (χ0n) is 14.0. The van der Waals surface area contributed by atoms with Gasteiger partial charge in [0.15, 0.2) is 0 Å². The van der Waals surface area contributed by atoms with Gasteiger partial charge in [0, 0.05) is 38.1 Å². The Morgan fingerprint density at radius 1 is 1.16 bits per heavy atom. The molecule has 6 heteroatoms. The van der Waals surface area contributed by atoms with Crippen LogP contribution in [0.2, 0.25) is 0 Å². The maximum atomic E-state index is 12.5. The lowest BCUT2D eigenvalue weighted by molar-refractivity contribution is -0.0395. The molecule has 2 aromatic rings. The van der Waals surface area contributed by atoms with Gasteiger partial charge < -0.3 is 14.4 Å². The van der Waals surface area contributed by atoms with E-state index in [1.165, 1.54) is 0 Å². The average molecular weight is 339 g/mol. The number of nitrogens with zero attached hydrogens (tertiary/aromatic N) is 3. The molecule has 1 amide bonds. The van der Waals surface area contributed by atoms with Crippen LogP contribution in [-0.2, 0) is 4.74 Å². The molecule has 6 nitrogen and oxygen atoms in total. The molecule has 0 N–H and O–H groups in total. The van der Waals surface area contributed by atoms with Crippen molar-refractivity contribution in [3.05, 3.63) is 54.6 Å². The van der Waals surface area contributed by atoms with E-state index in [1.54, 1.807) is 30.9 Å². The second-order valence-corrected chi connectivity index (χ2v) is 6.66. The summed E-state index contributed by atoms with van der Waals surface area (Å²) in [4.78, 5) is 22.5. The van der Waals surface area contributed by atoms with Crippen LogP contribution in [0.25, 0.3) is 0 Å². The third-order valence-corrected chi connectivity index (χ3v) is 4.98. The number of amides is 1. The monoisotopic (exact) mass is 339 g/mol. The summed E-state index contributed by atoms with van der Waals surface area (Å²) in [6.07, 6.45) is 9.33. The summed E-state index contributed by atoms with van der Waals surface area (Å²) in [6.45, 7) is 1.99. The molecule has 1 spiro atoms. The molecule has 2 aliphatic rings. The van der Waals surface area contributed by atoms with Crippen molar-refractivity contribution < 1.29 is 14.3 Å². The first kappa shape index (κ1) is 16.0. The fraction of sp³-hybridized carbons (Fsp3) is 0.421. The van der Waals surface area contributed by atoms with Crippen molar-refractivity contribution in [1.82, 2.24) is 14.9 Å². The first-order chi connectivity index (χ1) is 12.2. The molecule has 0 aliphatic carbocycles. The highest BCUT2D eigenvalue weighted by molar-refractivity contribution is 5.93. The topological polar surface area (TPSA) is 64.6 Å². The first-order valence-electron chi connectivity index (χ1n) is 8.64. The molecule has 4 heterocycles. The number of likely N-dealkylation sites (tertiary alicyclic amines) is 1. The summed E-state index contributed by atoms with van der Waals surface area (Å²) in [6, 6.07) is 7.37. The van der Waals surface area contributed by atoms with Crippen molar-refractivity contribution in [3.8, 4) is 5.75 Å². The predicted molar refractivity (Wildman–Crippen MR) is 91.3 cm³/mol. The molecular weight excluding hydrogens is 318 g/mol. The van der Waals surface area contributed by atoms with E-state index >= 15 is 0 Å². The highest BCUT2D eigenvalue weighted by Crippen LogP contribution is 2.37. The summed E-state index contributed by atoms with van der Waals surface area (Å²) in [5.41, 5.74) is 0.474. The Hall–Kier alpha value is -2.47. The van der Waals surface area contributed by atoms with Gasteiger partial charge in [-0.25, -0.2) is 0 Å². The molecule has 2 aliphatic heterocycles. The van der Waals surface area contributed by atoms with Crippen LogP contribution in [0.3, 0.4) is 0 Å². The number of hydrogen-bond acceptors (Lipinski definition) is 5. The number of piperidine rings is 1. The van der Waals surface area contributed by atoms with Crippen LogP contribution in [0.1, 0.15) is 29.6 Å². The highest BCUT2D eigenvalue weighted by atomic mass is 16.6. The third kappa shape index (κ3) is 3.49. The third-order valence-electron chi connectivity index (χ3n) is 4.98. The number of carbonyl (C=O) groups is 1. The van der Waals surface area contributed by atoms with Gasteiger partial charge in [-0.15, -0.1) is 0 Å². The maximum Gasteiger partial charge on any atom is 0.255 e. The molecule has 2 saturated heterocycles. The standard InChI is InChI=1S/C19H21N3O3/c23-18(15-3-1-7-20-12-15)22-9-5-19(6-10-22)11-17(14-24-19)25-16-4-2-8-21-13-16/h1-4,7-8,12-13,17H,5-6,9-11,14H2. The van der Waals surface area contributed by atoms with Crippen molar-refractivity contribution in [2.75, 3.05) is 19.7 Å². The Bertz CT molecular complexity index is 715. The van der Waals surface area contributed by atoms with Crippen molar-refractivity contribution in [3.63, 3.8) is 0 Å². The van der Waals surface area contributed by atoms with Crippen LogP contribution in [0.15, 0.2) is 49.1 Å². The smallest absolute Gasteiger partial charge is 0.255 e. The summed E-state index contributed by atoms with van der Waals surface area (Å²) in [7, 11) is 0. The van der Waals surface area contributed by atoms with Crippen LogP contribution in [-0.4, -0.2) is 52.2 Å². The summed E-state index contributed by atoms with van der Waals surface area (Å²) < 4.78 is 12.1. The van der Waals surface area contributed by atoms with Gasteiger partial charge in [-0.3, -0.25) is 14.8 Å². The Labute approximate surface area is 146 Å². The largest absolute Gasteiger partial charge is 0.486 e. The van der Waals surface area contributed by atoms with Crippen LogP contribution < -0.4 is 4.74 Å². The Morgan fingerprint density at radius 3 is 2.60 bits per heavy atom. The molecule has 0 radical (unpaired) electrons. The minimum atomic E-state index is -0.168. The van der Waals surface area contributed by atoms with Crippen molar-refractivity contribution in [2.45, 2.75) is 31.0 Å². The number of carbonyl (C=O) groups excluding carboxylic acids is 1. The van der Waals surface area contributed by atoms with Crippen LogP contribution in [0.4, 0.5) is 0 Å². The quantitative estimate of drug-likeness (QED) is 0.859. The van der Waals surface area contributed by atoms with Gasteiger partial charge in [0.1, 0.15) is 11.9 Å². The molecule has 4 rings (SSSR count). The number of hydrogen-bond donors (Lipinski definition) is 0. The number of aromatic nitrogens is 2. The van der Waals surface area contributed by atoms with Crippen LogP contribution >= 0.6 is 0 Å². The molecule has 0 aromatic carbocycles. The van der Waals surface area contributed by atoms with E-state index in [2.05, 4.69) is 9.97 Å². The Kier molecular flexibility index (Phi) is 4.36. The fourth-order valence-electron chi connectivity index (χ4n) is 3.63. The number of rotatable bonds is 3. The predicted octanol–water partition coefficient (Wildman–Crippen LogP) is 2.32. The molecule has 2 aromatic heterocycles. The lowest BCUT2D eigenvalue weighted by atomic mass is 9.87. The second-order valence-electron chi connectivity index (χ2n) is 6.66. The van der Waals surface area contributed by atoms with Gasteiger partial charge in [0.05, 0.1) is 24.0 Å². The Balaban J connectivity index is 1.33. The zero-order chi connectivity index (χ0) is 17.1. The van der Waals surface area contributed by atoms with Gasteiger partial charge >= 0.3 is 0 Å². The summed E-state index contributed by atoms with van der Waals surface area (Å²) in [5.74, 6) is 0.821. The lowest BCUT2D eigenvalue weighted by Crippen LogP contribution is -2.46. The SMILES string of the molecule is O=C(c1cccnc1)N1CCC2(CC1)CC(Oc1cccnc1)CO2. The van der Waals surface area contributed by atoms with E-state index in [1.807, 2.05) is 23.1 Å². The first-order valence-corrected chi connectivity index (χ1v) is 8.64. The number of pyridine rings is 2. The van der Waals surface area contributed by atoms with E-state index in [0.29, 0.717) is 25.3 Å². The van der Waals surface area contributed by atoms with E-state index in [0.717, 1.165) is 25.0 Å². The number of ether oxygens (including phenoxy) is 2. The van der Waals surface area contributed by atoms with Gasteiger partial charge in [0.2, 0.25) is 0 Å². The second kappa shape index (κ2) is 6.80. The van der Waals surface area contributed by atoms with Gasteiger partial charge in [0.25, 0.3) is 5.91 Å². The van der Waals surface area contributed by atoms with Gasteiger partial charge in [-0.05, 0) is 37.1 Å². The van der Waals surface area contributed by atoms with Crippen molar-refractivity contribution >= 4 is 5.91 Å². The molecule has 1 atom stereocenters. The van der Waals surface area contributed by atoms with E-state index in [4.69, 9.17) is 9.47 Å². The molecule has 1 unspecified atom stereocenters.